The van der Waals surface area contributed by atoms with Crippen LogP contribution in [0.15, 0.2) is 40.5 Å². The summed E-state index contributed by atoms with van der Waals surface area (Å²) in [6, 6.07) is 7.81. The van der Waals surface area contributed by atoms with Gasteiger partial charge >= 0.3 is 5.97 Å². The predicted octanol–water partition coefficient (Wildman–Crippen LogP) is 5.53. The number of aliphatic imine (C=N–C) groups is 1. The van der Waals surface area contributed by atoms with E-state index in [0.29, 0.717) is 24.3 Å². The van der Waals surface area contributed by atoms with Crippen LogP contribution in [0.1, 0.15) is 83.1 Å². The molecule has 0 radical (unpaired) electrons. The first-order valence-electron chi connectivity index (χ1n) is 11.8. The van der Waals surface area contributed by atoms with Crippen molar-refractivity contribution in [2.24, 2.45) is 10.9 Å². The lowest BCUT2D eigenvalue weighted by atomic mass is 9.69. The summed E-state index contributed by atoms with van der Waals surface area (Å²) in [6.07, 6.45) is 8.21. The van der Waals surface area contributed by atoms with Gasteiger partial charge in [-0.2, -0.15) is 0 Å². The Bertz CT molecular complexity index is 894. The number of allylic oxidation sites excluding steroid dienone is 1. The van der Waals surface area contributed by atoms with Gasteiger partial charge < -0.3 is 9.47 Å². The van der Waals surface area contributed by atoms with Gasteiger partial charge in [0, 0.05) is 29.3 Å². The first kappa shape index (κ1) is 21.8. The number of carbonyl (C=O) groups is 2. The van der Waals surface area contributed by atoms with Crippen molar-refractivity contribution in [2.45, 2.75) is 83.7 Å². The minimum atomic E-state index is -0.405. The minimum Gasteiger partial charge on any atom is -0.493 e. The Morgan fingerprint density at radius 1 is 1.06 bits per heavy atom. The number of nitrogens with zero attached hydrogens (tertiary/aromatic N) is 1. The van der Waals surface area contributed by atoms with Gasteiger partial charge in [-0.1, -0.05) is 31.5 Å². The number of Topliss-reactive ketones (excluding diaryl/α,β-unsaturated/α-hetero) is 1. The van der Waals surface area contributed by atoms with Gasteiger partial charge in [0.25, 0.3) is 0 Å². The number of esters is 1. The van der Waals surface area contributed by atoms with E-state index >= 15 is 0 Å². The summed E-state index contributed by atoms with van der Waals surface area (Å²) < 4.78 is 12.0. The van der Waals surface area contributed by atoms with E-state index in [-0.39, 0.29) is 17.9 Å². The Labute approximate surface area is 184 Å². The monoisotopic (exact) mass is 423 g/mol. The van der Waals surface area contributed by atoms with Crippen molar-refractivity contribution in [1.82, 2.24) is 0 Å². The fourth-order valence-electron chi connectivity index (χ4n) is 5.20. The highest BCUT2D eigenvalue weighted by atomic mass is 16.5. The minimum absolute atomic E-state index is 0.0405. The number of ketones is 1. The molecule has 166 valence electrons. The van der Waals surface area contributed by atoms with Crippen molar-refractivity contribution in [3.05, 3.63) is 41.1 Å². The first-order chi connectivity index (χ1) is 15.1. The summed E-state index contributed by atoms with van der Waals surface area (Å²) in [4.78, 5) is 31.3. The Balaban J connectivity index is 1.75. The second-order valence-electron chi connectivity index (χ2n) is 8.93. The van der Waals surface area contributed by atoms with Crippen molar-refractivity contribution in [1.29, 1.82) is 0 Å². The molecule has 2 saturated carbocycles. The van der Waals surface area contributed by atoms with Gasteiger partial charge in [0.15, 0.2) is 0 Å². The second kappa shape index (κ2) is 9.80. The zero-order chi connectivity index (χ0) is 21.8. The third-order valence-corrected chi connectivity index (χ3v) is 6.67. The molecule has 0 bridgehead atoms. The Morgan fingerprint density at radius 2 is 1.84 bits per heavy atom. The summed E-state index contributed by atoms with van der Waals surface area (Å²) in [5.41, 5.74) is 3.00. The van der Waals surface area contributed by atoms with Crippen molar-refractivity contribution in [3.8, 4) is 5.75 Å². The molecule has 0 amide bonds. The van der Waals surface area contributed by atoms with E-state index in [1.165, 1.54) is 6.42 Å². The van der Waals surface area contributed by atoms with E-state index in [9.17, 15) is 9.59 Å². The molecule has 1 aromatic rings. The average Bonchev–Trinajstić information content (AvgIpc) is 2.77. The highest BCUT2D eigenvalue weighted by Crippen LogP contribution is 2.46. The van der Waals surface area contributed by atoms with Crippen molar-refractivity contribution >= 4 is 17.5 Å². The van der Waals surface area contributed by atoms with Crippen LogP contribution in [0.3, 0.4) is 0 Å². The molecule has 1 aliphatic heterocycles. The molecule has 0 N–H and O–H groups in total. The zero-order valence-corrected chi connectivity index (χ0v) is 18.7. The van der Waals surface area contributed by atoms with Crippen LogP contribution in [-0.4, -0.2) is 30.2 Å². The molecule has 4 rings (SSSR count). The number of benzene rings is 1. The molecule has 31 heavy (non-hydrogen) atoms. The van der Waals surface area contributed by atoms with Crippen LogP contribution in [0, 0.1) is 5.92 Å². The summed E-state index contributed by atoms with van der Waals surface area (Å²) in [7, 11) is 0. The summed E-state index contributed by atoms with van der Waals surface area (Å²) in [5, 5.41) is 0. The third kappa shape index (κ3) is 4.60. The van der Waals surface area contributed by atoms with Crippen molar-refractivity contribution < 1.29 is 19.1 Å². The number of fused-ring (bicyclic) bond motifs is 1. The van der Waals surface area contributed by atoms with Crippen LogP contribution in [0.25, 0.3) is 0 Å². The van der Waals surface area contributed by atoms with Gasteiger partial charge in [0.2, 0.25) is 0 Å². The molecule has 5 heteroatoms. The van der Waals surface area contributed by atoms with Gasteiger partial charge in [-0.25, -0.2) is 4.79 Å². The van der Waals surface area contributed by atoms with Crippen LogP contribution in [0.4, 0.5) is 0 Å². The maximum Gasteiger partial charge on any atom is 0.336 e. The fraction of sp³-hybridized carbons (Fsp3) is 0.577. The molecule has 0 saturated heterocycles. The molecule has 1 aromatic carbocycles. The van der Waals surface area contributed by atoms with Gasteiger partial charge in [0.1, 0.15) is 17.6 Å². The van der Waals surface area contributed by atoms with E-state index in [2.05, 4.69) is 6.92 Å². The fourth-order valence-corrected chi connectivity index (χ4v) is 5.20. The molecule has 2 aliphatic carbocycles. The van der Waals surface area contributed by atoms with E-state index in [1.54, 1.807) is 0 Å². The van der Waals surface area contributed by atoms with E-state index < -0.39 is 11.8 Å². The van der Waals surface area contributed by atoms with Gasteiger partial charge in [0.05, 0.1) is 18.1 Å². The van der Waals surface area contributed by atoms with Crippen molar-refractivity contribution in [3.63, 3.8) is 0 Å². The highest BCUT2D eigenvalue weighted by molar-refractivity contribution is 6.11. The molecular formula is C26H33NO4. The summed E-state index contributed by atoms with van der Waals surface area (Å²) in [5.74, 6) is -0.219. The largest absolute Gasteiger partial charge is 0.493 e. The second-order valence-corrected chi connectivity index (χ2v) is 8.93. The first-order valence-corrected chi connectivity index (χ1v) is 11.8. The molecule has 1 unspecified atom stereocenters. The van der Waals surface area contributed by atoms with Crippen LogP contribution in [0.5, 0.6) is 5.75 Å². The Kier molecular flexibility index (Phi) is 6.89. The van der Waals surface area contributed by atoms with Crippen LogP contribution < -0.4 is 4.74 Å². The quantitative estimate of drug-likeness (QED) is 0.564. The SMILES string of the molecule is CCCOc1ccccc1[C@@H]1C(C(=O)OC2CCCCC2)=C(C)N=C2CCCC(=O)C21. The van der Waals surface area contributed by atoms with Crippen LogP contribution >= 0.6 is 0 Å². The van der Waals surface area contributed by atoms with E-state index in [1.807, 2.05) is 31.2 Å². The molecular weight excluding hydrogens is 390 g/mol. The standard InChI is InChI=1S/C26H33NO4/c1-3-16-30-22-15-8-7-12-19(22)24-23(26(29)31-18-10-5-4-6-11-18)17(2)27-20-13-9-14-21(28)25(20)24/h7-8,12,15,18,24-25H,3-6,9-11,13-14,16H2,1-2H3/t24-,25?/m1/s1. The van der Waals surface area contributed by atoms with Crippen molar-refractivity contribution in [2.75, 3.05) is 6.61 Å². The number of para-hydroxylation sites is 1. The number of hydrogen-bond donors (Lipinski definition) is 0. The molecule has 0 spiro atoms. The smallest absolute Gasteiger partial charge is 0.336 e. The molecule has 0 aromatic heterocycles. The summed E-state index contributed by atoms with van der Waals surface area (Å²) in [6.45, 7) is 4.53. The van der Waals surface area contributed by atoms with E-state index in [0.717, 1.165) is 62.0 Å². The average molecular weight is 424 g/mol. The normalized spacial score (nSPS) is 24.5. The molecule has 1 heterocycles. The van der Waals surface area contributed by atoms with Gasteiger partial charge in [-0.3, -0.25) is 9.79 Å². The number of hydrogen-bond acceptors (Lipinski definition) is 5. The maximum atomic E-state index is 13.5. The maximum absolute atomic E-state index is 13.5. The molecule has 2 fully saturated rings. The molecule has 2 atom stereocenters. The molecule has 5 nitrogen and oxygen atoms in total. The predicted molar refractivity (Wildman–Crippen MR) is 120 cm³/mol. The third-order valence-electron chi connectivity index (χ3n) is 6.67. The van der Waals surface area contributed by atoms with Crippen LogP contribution in [-0.2, 0) is 14.3 Å². The lowest BCUT2D eigenvalue weighted by molar-refractivity contribution is -0.146. The number of rotatable bonds is 6. The molecule has 3 aliphatic rings. The van der Waals surface area contributed by atoms with Gasteiger partial charge in [-0.05, 0) is 57.9 Å². The highest BCUT2D eigenvalue weighted by Gasteiger charge is 2.45. The van der Waals surface area contributed by atoms with E-state index in [4.69, 9.17) is 14.5 Å². The number of carbonyl (C=O) groups excluding carboxylic acids is 2. The zero-order valence-electron chi connectivity index (χ0n) is 18.7. The lowest BCUT2D eigenvalue weighted by Crippen LogP contribution is -2.39. The number of ether oxygens (including phenoxy) is 2. The summed E-state index contributed by atoms with van der Waals surface area (Å²) >= 11 is 0. The van der Waals surface area contributed by atoms with Crippen LogP contribution in [0.2, 0.25) is 0 Å². The van der Waals surface area contributed by atoms with Gasteiger partial charge in [-0.15, -0.1) is 0 Å². The Hall–Kier alpha value is -2.43. The topological polar surface area (TPSA) is 65.0 Å². The lowest BCUT2D eigenvalue weighted by Gasteiger charge is -2.36. The Morgan fingerprint density at radius 3 is 2.61 bits per heavy atom.